The molecule has 0 radical (unpaired) electrons. The molecular formula is C23H28N2OS2. The normalized spacial score (nSPS) is 15.0. The van der Waals surface area contributed by atoms with E-state index in [9.17, 15) is 10.4 Å². The summed E-state index contributed by atoms with van der Waals surface area (Å²) in [4.78, 5) is 5.90. The predicted octanol–water partition coefficient (Wildman–Crippen LogP) is 5.37. The van der Waals surface area contributed by atoms with Crippen molar-refractivity contribution in [1.29, 1.82) is 5.26 Å². The Hall–Kier alpha value is -1.48. The smallest absolute Gasteiger partial charge is 0.114 e. The van der Waals surface area contributed by atoms with Crippen LogP contribution in [0.1, 0.15) is 56.0 Å². The van der Waals surface area contributed by atoms with E-state index in [0.717, 1.165) is 23.6 Å². The number of aliphatic hydroxyl groups is 1. The highest BCUT2D eigenvalue weighted by Crippen LogP contribution is 2.29. The van der Waals surface area contributed by atoms with E-state index in [4.69, 9.17) is 4.98 Å². The van der Waals surface area contributed by atoms with Crippen molar-refractivity contribution in [2.24, 2.45) is 0 Å². The lowest BCUT2D eigenvalue weighted by Crippen LogP contribution is -2.14. The van der Waals surface area contributed by atoms with Gasteiger partial charge in [0.25, 0.3) is 0 Å². The van der Waals surface area contributed by atoms with Gasteiger partial charge < -0.3 is 5.11 Å². The molecule has 1 atom stereocenters. The molecule has 0 fully saturated rings. The maximum atomic E-state index is 10.4. The number of aliphatic hydroxyl groups excluding tert-OH is 1. The molecule has 1 aliphatic rings. The van der Waals surface area contributed by atoms with Crippen LogP contribution in [-0.4, -0.2) is 27.7 Å². The van der Waals surface area contributed by atoms with E-state index >= 15 is 0 Å². The summed E-state index contributed by atoms with van der Waals surface area (Å²) in [6.07, 6.45) is 3.93. The van der Waals surface area contributed by atoms with Gasteiger partial charge in [0.1, 0.15) is 11.1 Å². The molecule has 1 N–H and O–H groups in total. The topological polar surface area (TPSA) is 56.9 Å². The summed E-state index contributed by atoms with van der Waals surface area (Å²) < 4.78 is 0. The lowest BCUT2D eigenvalue weighted by molar-refractivity contribution is 0.225. The Balaban J connectivity index is 1.54. The van der Waals surface area contributed by atoms with Crippen molar-refractivity contribution in [3.05, 3.63) is 52.7 Å². The predicted molar refractivity (Wildman–Crippen MR) is 118 cm³/mol. The highest BCUT2D eigenvalue weighted by molar-refractivity contribution is 8.00. The van der Waals surface area contributed by atoms with Crippen LogP contribution in [0.4, 0.5) is 0 Å². The van der Waals surface area contributed by atoms with E-state index in [1.54, 1.807) is 11.8 Å². The van der Waals surface area contributed by atoms with E-state index < -0.39 is 6.10 Å². The lowest BCUT2D eigenvalue weighted by Gasteiger charge is -2.19. The van der Waals surface area contributed by atoms with Crippen LogP contribution in [0.15, 0.2) is 40.3 Å². The average Bonchev–Trinajstić information content (AvgIpc) is 2.69. The Labute approximate surface area is 177 Å². The van der Waals surface area contributed by atoms with Crippen LogP contribution in [-0.2, 0) is 18.3 Å². The molecule has 0 spiro atoms. The number of benzene rings is 1. The number of hydrogen-bond acceptors (Lipinski definition) is 5. The van der Waals surface area contributed by atoms with Gasteiger partial charge in [-0.2, -0.15) is 5.26 Å². The van der Waals surface area contributed by atoms with Crippen molar-refractivity contribution in [3.8, 4) is 6.07 Å². The second-order valence-electron chi connectivity index (χ2n) is 8.32. The quantitative estimate of drug-likeness (QED) is 0.646. The summed E-state index contributed by atoms with van der Waals surface area (Å²) in [5.74, 6) is 1.18. The van der Waals surface area contributed by atoms with Crippen molar-refractivity contribution in [1.82, 2.24) is 4.98 Å². The van der Waals surface area contributed by atoms with E-state index in [1.165, 1.54) is 40.6 Å². The third kappa shape index (κ3) is 5.53. The molecule has 3 nitrogen and oxygen atoms in total. The minimum atomic E-state index is -0.443. The second-order valence-corrected chi connectivity index (χ2v) is 10.4. The molecule has 0 amide bonds. The maximum absolute atomic E-state index is 10.4. The van der Waals surface area contributed by atoms with E-state index in [0.29, 0.717) is 17.1 Å². The fourth-order valence-electron chi connectivity index (χ4n) is 3.27. The SMILES string of the molecule is CC(C)(C)c1ccc(SC[C@H](O)CSc2nc3c(cc2C#N)CCCC3)cc1. The van der Waals surface area contributed by atoms with Crippen molar-refractivity contribution in [2.45, 2.75) is 67.9 Å². The van der Waals surface area contributed by atoms with Crippen molar-refractivity contribution in [3.63, 3.8) is 0 Å². The van der Waals surface area contributed by atoms with Crippen molar-refractivity contribution in [2.75, 3.05) is 11.5 Å². The standard InChI is InChI=1S/C23H28N2OS2/c1-23(2,3)18-8-10-20(11-9-18)27-14-19(26)15-28-22-17(13-24)12-16-6-4-5-7-21(16)25-22/h8-12,19,26H,4-7,14-15H2,1-3H3/t19-/m0/s1. The Kier molecular flexibility index (Phi) is 7.09. The number of nitrogens with zero attached hydrogens (tertiary/aromatic N) is 2. The molecular weight excluding hydrogens is 384 g/mol. The first-order valence-electron chi connectivity index (χ1n) is 9.84. The lowest BCUT2D eigenvalue weighted by atomic mass is 9.87. The third-order valence-electron chi connectivity index (χ3n) is 4.96. The van der Waals surface area contributed by atoms with Gasteiger partial charge in [0, 0.05) is 22.1 Å². The Morgan fingerprint density at radius 1 is 1.11 bits per heavy atom. The monoisotopic (exact) mass is 412 g/mol. The summed E-state index contributed by atoms with van der Waals surface area (Å²) in [6, 6.07) is 12.9. The Morgan fingerprint density at radius 2 is 1.79 bits per heavy atom. The first kappa shape index (κ1) is 21.2. The zero-order chi connectivity index (χ0) is 20.1. The molecule has 3 rings (SSSR count). The van der Waals surface area contributed by atoms with Gasteiger partial charge in [0.05, 0.1) is 11.7 Å². The number of thioether (sulfide) groups is 2. The maximum Gasteiger partial charge on any atom is 0.114 e. The molecule has 2 aromatic rings. The number of hydrogen-bond donors (Lipinski definition) is 1. The number of nitriles is 1. The zero-order valence-electron chi connectivity index (χ0n) is 16.9. The number of pyridine rings is 1. The third-order valence-corrected chi connectivity index (χ3v) is 7.25. The number of rotatable bonds is 6. The summed E-state index contributed by atoms with van der Waals surface area (Å²) >= 11 is 3.16. The minimum Gasteiger partial charge on any atom is -0.391 e. The number of fused-ring (bicyclic) bond motifs is 1. The highest BCUT2D eigenvalue weighted by Gasteiger charge is 2.17. The molecule has 1 heterocycles. The van der Waals surface area contributed by atoms with E-state index in [1.807, 2.05) is 6.07 Å². The highest BCUT2D eigenvalue weighted by atomic mass is 32.2. The molecule has 0 bridgehead atoms. The second kappa shape index (κ2) is 9.35. The molecule has 0 unspecified atom stereocenters. The molecule has 5 heteroatoms. The van der Waals surface area contributed by atoms with Crippen molar-refractivity contribution >= 4 is 23.5 Å². The van der Waals surface area contributed by atoms with Gasteiger partial charge in [-0.25, -0.2) is 4.98 Å². The summed E-state index contributed by atoms with van der Waals surface area (Å²) in [6.45, 7) is 6.63. The largest absolute Gasteiger partial charge is 0.391 e. The molecule has 28 heavy (non-hydrogen) atoms. The van der Waals surface area contributed by atoms with Gasteiger partial charge >= 0.3 is 0 Å². The zero-order valence-corrected chi connectivity index (χ0v) is 18.5. The Bertz CT molecular complexity index is 851. The molecule has 148 valence electrons. The Morgan fingerprint density at radius 3 is 2.46 bits per heavy atom. The summed E-state index contributed by atoms with van der Waals surface area (Å²) in [5.41, 5.74) is 4.47. The fourth-order valence-corrected chi connectivity index (χ4v) is 5.15. The van der Waals surface area contributed by atoms with Gasteiger partial charge in [-0.3, -0.25) is 0 Å². The van der Waals surface area contributed by atoms with Gasteiger partial charge in [-0.15, -0.1) is 23.5 Å². The summed E-state index contributed by atoms with van der Waals surface area (Å²) in [7, 11) is 0. The van der Waals surface area contributed by atoms with Crippen LogP contribution in [0.25, 0.3) is 0 Å². The minimum absolute atomic E-state index is 0.152. The van der Waals surface area contributed by atoms with E-state index in [2.05, 4.69) is 51.1 Å². The number of aryl methyl sites for hydroxylation is 2. The van der Waals surface area contributed by atoms with Crippen LogP contribution in [0.3, 0.4) is 0 Å². The molecule has 1 aromatic carbocycles. The average molecular weight is 413 g/mol. The van der Waals surface area contributed by atoms with Crippen LogP contribution < -0.4 is 0 Å². The molecule has 1 aromatic heterocycles. The molecule has 1 aliphatic carbocycles. The van der Waals surface area contributed by atoms with Gasteiger partial charge in [-0.1, -0.05) is 32.9 Å². The first-order valence-corrected chi connectivity index (χ1v) is 11.8. The molecule has 0 saturated heterocycles. The summed E-state index contributed by atoms with van der Waals surface area (Å²) in [5, 5.41) is 20.6. The van der Waals surface area contributed by atoms with Gasteiger partial charge in [0.2, 0.25) is 0 Å². The first-order chi connectivity index (χ1) is 13.4. The molecule has 0 saturated carbocycles. The molecule has 0 aliphatic heterocycles. The van der Waals surface area contributed by atoms with Gasteiger partial charge in [0.15, 0.2) is 0 Å². The number of aromatic nitrogens is 1. The van der Waals surface area contributed by atoms with Gasteiger partial charge in [-0.05, 0) is 60.4 Å². The van der Waals surface area contributed by atoms with Crippen LogP contribution in [0.5, 0.6) is 0 Å². The van der Waals surface area contributed by atoms with Crippen LogP contribution >= 0.6 is 23.5 Å². The fraction of sp³-hybridized carbons (Fsp3) is 0.478. The van der Waals surface area contributed by atoms with Crippen molar-refractivity contribution < 1.29 is 5.11 Å². The van der Waals surface area contributed by atoms with Crippen LogP contribution in [0.2, 0.25) is 0 Å². The van der Waals surface area contributed by atoms with Crippen LogP contribution in [0, 0.1) is 11.3 Å². The van der Waals surface area contributed by atoms with E-state index in [-0.39, 0.29) is 5.41 Å².